The summed E-state index contributed by atoms with van der Waals surface area (Å²) in [6.07, 6.45) is 3.66. The van der Waals surface area contributed by atoms with Crippen LogP contribution in [0.3, 0.4) is 0 Å². The Morgan fingerprint density at radius 3 is 2.24 bits per heavy atom. The molecule has 0 aromatic heterocycles. The molecule has 2 N–H and O–H groups in total. The number of rotatable bonds is 4. The van der Waals surface area contributed by atoms with Crippen molar-refractivity contribution in [3.63, 3.8) is 0 Å². The SMILES string of the molecule is CNC(=O)NC1CN(C(=O)C(C(C)C)N2CCCCC2)C1. The summed E-state index contributed by atoms with van der Waals surface area (Å²) in [6.45, 7) is 7.56. The normalized spacial score (nSPS) is 21.8. The highest BCUT2D eigenvalue weighted by Gasteiger charge is 2.38. The summed E-state index contributed by atoms with van der Waals surface area (Å²) in [6, 6.07) is -0.0992. The summed E-state index contributed by atoms with van der Waals surface area (Å²) in [5, 5.41) is 5.38. The predicted octanol–water partition coefficient (Wildman–Crippen LogP) is 0.637. The fourth-order valence-corrected chi connectivity index (χ4v) is 3.25. The van der Waals surface area contributed by atoms with E-state index in [2.05, 4.69) is 29.4 Å². The molecule has 0 aliphatic carbocycles. The molecular formula is C15H28N4O2. The average Bonchev–Trinajstić information content (AvgIpc) is 2.42. The van der Waals surface area contributed by atoms with Gasteiger partial charge in [0.15, 0.2) is 0 Å². The minimum atomic E-state index is -0.177. The van der Waals surface area contributed by atoms with Gasteiger partial charge in [-0.1, -0.05) is 20.3 Å². The van der Waals surface area contributed by atoms with Crippen LogP contribution < -0.4 is 10.6 Å². The number of likely N-dealkylation sites (tertiary alicyclic amines) is 2. The summed E-state index contributed by atoms with van der Waals surface area (Å²) in [5.74, 6) is 0.545. The van der Waals surface area contributed by atoms with E-state index in [1.807, 2.05) is 4.90 Å². The van der Waals surface area contributed by atoms with Crippen LogP contribution in [0, 0.1) is 5.92 Å². The quantitative estimate of drug-likeness (QED) is 0.800. The minimum absolute atomic E-state index is 0.00810. The van der Waals surface area contributed by atoms with E-state index >= 15 is 0 Å². The molecule has 2 aliphatic heterocycles. The van der Waals surface area contributed by atoms with Crippen LogP contribution >= 0.6 is 0 Å². The summed E-state index contributed by atoms with van der Waals surface area (Å²) < 4.78 is 0. The van der Waals surface area contributed by atoms with Crippen LogP contribution in [0.25, 0.3) is 0 Å². The maximum atomic E-state index is 12.7. The first-order chi connectivity index (χ1) is 10.0. The van der Waals surface area contributed by atoms with Crippen molar-refractivity contribution in [2.45, 2.75) is 45.2 Å². The van der Waals surface area contributed by atoms with Crippen molar-refractivity contribution in [1.29, 1.82) is 0 Å². The molecule has 0 aromatic carbocycles. The van der Waals surface area contributed by atoms with E-state index in [1.54, 1.807) is 7.05 Å². The highest BCUT2D eigenvalue weighted by molar-refractivity contribution is 5.83. The first kappa shape index (κ1) is 16.1. The summed E-state index contributed by atoms with van der Waals surface area (Å²) in [7, 11) is 1.60. The lowest BCUT2D eigenvalue weighted by atomic mass is 9.96. The molecule has 1 unspecified atom stereocenters. The predicted molar refractivity (Wildman–Crippen MR) is 82.0 cm³/mol. The first-order valence-corrected chi connectivity index (χ1v) is 8.04. The first-order valence-electron chi connectivity index (χ1n) is 8.04. The number of nitrogens with one attached hydrogen (secondary N) is 2. The highest BCUT2D eigenvalue weighted by atomic mass is 16.2. The molecule has 0 saturated carbocycles. The molecule has 21 heavy (non-hydrogen) atoms. The maximum Gasteiger partial charge on any atom is 0.314 e. The van der Waals surface area contributed by atoms with E-state index in [-0.39, 0.29) is 24.0 Å². The van der Waals surface area contributed by atoms with Gasteiger partial charge >= 0.3 is 6.03 Å². The third-order valence-corrected chi connectivity index (χ3v) is 4.42. The van der Waals surface area contributed by atoms with E-state index in [9.17, 15) is 9.59 Å². The standard InChI is InChI=1S/C15H28N4O2/c1-11(2)13(18-7-5-4-6-8-18)14(20)19-9-12(10-19)17-15(21)16-3/h11-13H,4-10H2,1-3H3,(H2,16,17,21). The topological polar surface area (TPSA) is 64.7 Å². The third-order valence-electron chi connectivity index (χ3n) is 4.42. The van der Waals surface area contributed by atoms with Gasteiger partial charge in [0.1, 0.15) is 0 Å². The van der Waals surface area contributed by atoms with Gasteiger partial charge in [0.2, 0.25) is 5.91 Å². The molecule has 0 radical (unpaired) electrons. The zero-order chi connectivity index (χ0) is 15.4. The molecule has 6 nitrogen and oxygen atoms in total. The summed E-state index contributed by atoms with van der Waals surface area (Å²) in [4.78, 5) is 28.2. The van der Waals surface area contributed by atoms with Gasteiger partial charge in [0, 0.05) is 20.1 Å². The van der Waals surface area contributed by atoms with Gasteiger partial charge in [-0.05, 0) is 31.8 Å². The number of amides is 3. The molecule has 2 rings (SSSR count). The second-order valence-corrected chi connectivity index (χ2v) is 6.45. The van der Waals surface area contributed by atoms with E-state index < -0.39 is 0 Å². The molecule has 3 amide bonds. The Labute approximate surface area is 127 Å². The fourth-order valence-electron chi connectivity index (χ4n) is 3.25. The molecule has 1 atom stereocenters. The van der Waals surface area contributed by atoms with Gasteiger partial charge in [-0.25, -0.2) is 4.79 Å². The van der Waals surface area contributed by atoms with Crippen molar-refractivity contribution in [3.05, 3.63) is 0 Å². The number of nitrogens with zero attached hydrogens (tertiary/aromatic N) is 2. The number of hydrogen-bond donors (Lipinski definition) is 2. The van der Waals surface area contributed by atoms with Gasteiger partial charge in [-0.2, -0.15) is 0 Å². The number of piperidine rings is 1. The monoisotopic (exact) mass is 296 g/mol. The van der Waals surface area contributed by atoms with Gasteiger partial charge in [-0.3, -0.25) is 9.69 Å². The number of urea groups is 1. The Morgan fingerprint density at radius 2 is 1.71 bits per heavy atom. The van der Waals surface area contributed by atoms with Crippen LogP contribution in [0.5, 0.6) is 0 Å². The molecule has 6 heteroatoms. The molecule has 0 aromatic rings. The van der Waals surface area contributed by atoms with Crippen molar-refractivity contribution in [3.8, 4) is 0 Å². The Hall–Kier alpha value is -1.30. The van der Waals surface area contributed by atoms with Gasteiger partial charge in [0.05, 0.1) is 12.1 Å². The molecule has 2 heterocycles. The van der Waals surface area contributed by atoms with Gasteiger partial charge in [0.25, 0.3) is 0 Å². The average molecular weight is 296 g/mol. The third kappa shape index (κ3) is 3.87. The van der Waals surface area contributed by atoms with Crippen LogP contribution in [-0.2, 0) is 4.79 Å². The Kier molecular flexibility index (Phi) is 5.45. The van der Waals surface area contributed by atoms with Crippen LogP contribution in [-0.4, -0.2) is 67.0 Å². The summed E-state index contributed by atoms with van der Waals surface area (Å²) in [5.41, 5.74) is 0. The van der Waals surface area contributed by atoms with Crippen LogP contribution in [0.2, 0.25) is 0 Å². The van der Waals surface area contributed by atoms with E-state index in [0.717, 1.165) is 13.1 Å². The van der Waals surface area contributed by atoms with Crippen LogP contribution in [0.1, 0.15) is 33.1 Å². The van der Waals surface area contributed by atoms with E-state index in [0.29, 0.717) is 19.0 Å². The number of hydrogen-bond acceptors (Lipinski definition) is 3. The Morgan fingerprint density at radius 1 is 1.10 bits per heavy atom. The lowest BCUT2D eigenvalue weighted by Crippen LogP contribution is -2.65. The summed E-state index contributed by atoms with van der Waals surface area (Å²) >= 11 is 0. The minimum Gasteiger partial charge on any atom is -0.341 e. The van der Waals surface area contributed by atoms with Gasteiger partial charge < -0.3 is 15.5 Å². The second-order valence-electron chi connectivity index (χ2n) is 6.45. The van der Waals surface area contributed by atoms with Crippen molar-refractivity contribution < 1.29 is 9.59 Å². The van der Waals surface area contributed by atoms with Crippen LogP contribution in [0.4, 0.5) is 4.79 Å². The van der Waals surface area contributed by atoms with Crippen molar-refractivity contribution in [2.24, 2.45) is 5.92 Å². The van der Waals surface area contributed by atoms with Crippen LogP contribution in [0.15, 0.2) is 0 Å². The zero-order valence-electron chi connectivity index (χ0n) is 13.4. The van der Waals surface area contributed by atoms with Crippen molar-refractivity contribution in [1.82, 2.24) is 20.4 Å². The lowest BCUT2D eigenvalue weighted by Gasteiger charge is -2.45. The Bertz CT molecular complexity index is 374. The van der Waals surface area contributed by atoms with Crippen molar-refractivity contribution >= 4 is 11.9 Å². The molecule has 0 bridgehead atoms. The number of carbonyl (C=O) groups excluding carboxylic acids is 2. The Balaban J connectivity index is 1.87. The number of carbonyl (C=O) groups is 2. The second kappa shape index (κ2) is 7.11. The fraction of sp³-hybridized carbons (Fsp3) is 0.867. The van der Waals surface area contributed by atoms with Gasteiger partial charge in [-0.15, -0.1) is 0 Å². The molecule has 0 spiro atoms. The molecule has 2 saturated heterocycles. The largest absolute Gasteiger partial charge is 0.341 e. The molecule has 120 valence electrons. The highest BCUT2D eigenvalue weighted by Crippen LogP contribution is 2.21. The molecule has 2 fully saturated rings. The maximum absolute atomic E-state index is 12.7. The van der Waals surface area contributed by atoms with Crippen molar-refractivity contribution in [2.75, 3.05) is 33.2 Å². The molecule has 2 aliphatic rings. The lowest BCUT2D eigenvalue weighted by molar-refractivity contribution is -0.144. The molecular weight excluding hydrogens is 268 g/mol. The smallest absolute Gasteiger partial charge is 0.314 e. The van der Waals surface area contributed by atoms with E-state index in [1.165, 1.54) is 19.3 Å². The zero-order valence-corrected chi connectivity index (χ0v) is 13.4. The van der Waals surface area contributed by atoms with E-state index in [4.69, 9.17) is 0 Å².